The Morgan fingerprint density at radius 1 is 1.27 bits per heavy atom. The number of hydrogen-bond donors (Lipinski definition) is 1. The van der Waals surface area contributed by atoms with Gasteiger partial charge in [0.1, 0.15) is 11.3 Å². The summed E-state index contributed by atoms with van der Waals surface area (Å²) in [5.41, 5.74) is 3.65. The van der Waals surface area contributed by atoms with E-state index in [1.54, 1.807) is 22.6 Å². The van der Waals surface area contributed by atoms with Crippen molar-refractivity contribution in [3.05, 3.63) is 41.7 Å². The van der Waals surface area contributed by atoms with Gasteiger partial charge in [0.05, 0.1) is 17.7 Å². The number of ether oxygens (including phenoxy) is 1. The van der Waals surface area contributed by atoms with Crippen LogP contribution in [0, 0.1) is 5.95 Å². The molecule has 0 atom stereocenters. The van der Waals surface area contributed by atoms with Crippen molar-refractivity contribution in [1.29, 1.82) is 0 Å². The molecule has 0 unspecified atom stereocenters. The van der Waals surface area contributed by atoms with Crippen LogP contribution in [0.5, 0.6) is 5.75 Å². The third-order valence-corrected chi connectivity index (χ3v) is 6.45. The molecule has 0 aliphatic carbocycles. The van der Waals surface area contributed by atoms with Gasteiger partial charge in [0.2, 0.25) is 5.95 Å². The van der Waals surface area contributed by atoms with Crippen LogP contribution < -0.4 is 10.1 Å². The molecule has 11 heteroatoms. The smallest absolute Gasteiger partial charge is 0.252 e. The number of hydrogen-bond acceptors (Lipinski definition) is 7. The molecule has 1 aliphatic rings. The fourth-order valence-electron chi connectivity index (χ4n) is 4.41. The van der Waals surface area contributed by atoms with Crippen LogP contribution in [0.4, 0.5) is 8.92 Å². The Morgan fingerprint density at radius 3 is 2.54 bits per heavy atom. The summed E-state index contributed by atoms with van der Waals surface area (Å²) in [5, 5.41) is 3.91. The van der Waals surface area contributed by atoms with E-state index in [2.05, 4.69) is 15.2 Å². The Morgan fingerprint density at radius 2 is 2.00 bits per heavy atom. The second-order valence-corrected chi connectivity index (χ2v) is 8.60. The molecule has 0 spiro atoms. The quantitative estimate of drug-likeness (QED) is 0.360. The molecule has 0 bridgehead atoms. The molecule has 4 heterocycles. The molecule has 1 amide bonds. The molecule has 3 aromatic rings. The van der Waals surface area contributed by atoms with Crippen LogP contribution in [0.2, 0.25) is 0 Å². The maximum absolute atomic E-state index is 13.1. The van der Waals surface area contributed by atoms with E-state index in [0.29, 0.717) is 49.2 Å². The highest BCUT2D eigenvalue weighted by atomic mass is 19.3. The van der Waals surface area contributed by atoms with Crippen molar-refractivity contribution in [2.75, 3.05) is 33.4 Å². The van der Waals surface area contributed by atoms with Gasteiger partial charge in [-0.1, -0.05) is 6.92 Å². The number of aldehydes is 1. The number of pyridine rings is 2. The van der Waals surface area contributed by atoms with Gasteiger partial charge in [-0.05, 0) is 56.0 Å². The maximum atomic E-state index is 13.1. The van der Waals surface area contributed by atoms with Gasteiger partial charge >= 0.3 is 0 Å². The first-order chi connectivity index (χ1) is 17.9. The lowest BCUT2D eigenvalue weighted by atomic mass is 10.0. The van der Waals surface area contributed by atoms with Crippen LogP contribution >= 0.6 is 0 Å². The first-order valence-electron chi connectivity index (χ1n) is 12.3. The topological polar surface area (TPSA) is 98.6 Å². The lowest BCUT2D eigenvalue weighted by molar-refractivity contribution is -0.165. The van der Waals surface area contributed by atoms with Gasteiger partial charge in [-0.2, -0.15) is 9.33 Å². The molecule has 1 saturated heterocycles. The second kappa shape index (κ2) is 13.2. The van der Waals surface area contributed by atoms with Crippen molar-refractivity contribution in [2.45, 2.75) is 39.2 Å². The Labute approximate surface area is 214 Å². The molecular weight excluding hydrogens is 484 g/mol. The monoisotopic (exact) mass is 517 g/mol. The lowest BCUT2D eigenvalue weighted by Crippen LogP contribution is -2.44. The first kappa shape index (κ1) is 28.1. The van der Waals surface area contributed by atoms with E-state index in [9.17, 15) is 18.5 Å². The molecule has 0 saturated carbocycles. The van der Waals surface area contributed by atoms with Crippen LogP contribution in [-0.4, -0.2) is 71.0 Å². The molecule has 0 aromatic carbocycles. The van der Waals surface area contributed by atoms with E-state index in [1.165, 1.54) is 12.3 Å². The normalized spacial score (nSPS) is 13.8. The first-order valence-corrected chi connectivity index (χ1v) is 12.3. The Bertz CT molecular complexity index is 1210. The Hall–Kier alpha value is -3.44. The third-order valence-electron chi connectivity index (χ3n) is 6.45. The van der Waals surface area contributed by atoms with E-state index in [-0.39, 0.29) is 5.91 Å². The summed E-state index contributed by atoms with van der Waals surface area (Å²) in [7, 11) is 3.70. The number of rotatable bonds is 8. The van der Waals surface area contributed by atoms with Crippen LogP contribution in [0.3, 0.4) is 0 Å². The minimum absolute atomic E-state index is 0.267. The highest BCUT2D eigenvalue weighted by Crippen LogP contribution is 2.35. The van der Waals surface area contributed by atoms with E-state index in [0.717, 1.165) is 41.3 Å². The molecule has 200 valence electrons. The van der Waals surface area contributed by atoms with Crippen LogP contribution in [0.1, 0.15) is 42.9 Å². The highest BCUT2D eigenvalue weighted by molar-refractivity contribution is 5.96. The Balaban J connectivity index is 0.000000248. The zero-order chi connectivity index (χ0) is 26.9. The van der Waals surface area contributed by atoms with Crippen LogP contribution in [-0.2, 0) is 23.2 Å². The molecule has 4 rings (SSSR count). The summed E-state index contributed by atoms with van der Waals surface area (Å²) in [4.78, 5) is 36.0. The van der Waals surface area contributed by atoms with Gasteiger partial charge < -0.3 is 19.5 Å². The van der Waals surface area contributed by atoms with Crippen molar-refractivity contribution < 1.29 is 28.2 Å². The molecule has 1 fully saturated rings. The van der Waals surface area contributed by atoms with Gasteiger partial charge in [-0.3, -0.25) is 9.59 Å². The number of aromatic nitrogens is 3. The van der Waals surface area contributed by atoms with E-state index < -0.39 is 12.6 Å². The zero-order valence-corrected chi connectivity index (χ0v) is 21.6. The molecule has 9 nitrogen and oxygen atoms in total. The third kappa shape index (κ3) is 6.47. The predicted octanol–water partition coefficient (Wildman–Crippen LogP) is 3.65. The van der Waals surface area contributed by atoms with Gasteiger partial charge in [-0.15, -0.1) is 0 Å². The number of fused-ring (bicyclic) bond motifs is 1. The molecular formula is C26H33F2N5O4. The van der Waals surface area contributed by atoms with Crippen molar-refractivity contribution >= 4 is 23.2 Å². The van der Waals surface area contributed by atoms with Gasteiger partial charge in [-0.25, -0.2) is 9.97 Å². The lowest BCUT2D eigenvalue weighted by Gasteiger charge is -2.31. The van der Waals surface area contributed by atoms with Crippen molar-refractivity contribution in [1.82, 2.24) is 24.8 Å². The molecule has 37 heavy (non-hydrogen) atoms. The van der Waals surface area contributed by atoms with Gasteiger partial charge in [0.15, 0.2) is 18.6 Å². The maximum Gasteiger partial charge on any atom is 0.252 e. The van der Waals surface area contributed by atoms with Crippen LogP contribution in [0.15, 0.2) is 24.4 Å². The number of carbonyl (C=O) groups is 2. The van der Waals surface area contributed by atoms with Crippen molar-refractivity contribution in [3.63, 3.8) is 0 Å². The van der Waals surface area contributed by atoms with Crippen molar-refractivity contribution in [3.8, 4) is 16.9 Å². The Kier molecular flexibility index (Phi) is 10.0. The number of carbonyl (C=O) groups excluding carboxylic acids is 2. The summed E-state index contributed by atoms with van der Waals surface area (Å²) in [6.45, 7) is 5.24. The number of aryl methyl sites for hydroxylation is 2. The average molecular weight is 518 g/mol. The molecule has 0 radical (unpaired) electrons. The SMILES string of the molecule is CCOc1c(C=O)n(C)c2nc(CC)c(-c3ccc(F)nc3)cc12.CNC1CCN(C(=O)COF)CC1. The average Bonchev–Trinajstić information content (AvgIpc) is 3.18. The number of nitrogens with zero attached hydrogens (tertiary/aromatic N) is 4. The summed E-state index contributed by atoms with van der Waals surface area (Å²) < 4.78 is 31.9. The van der Waals surface area contributed by atoms with Crippen LogP contribution in [0.25, 0.3) is 22.2 Å². The molecule has 1 aliphatic heterocycles. The number of likely N-dealkylation sites (tertiary alicyclic amines) is 1. The van der Waals surface area contributed by atoms with Gasteiger partial charge in [0, 0.05) is 43.5 Å². The second-order valence-electron chi connectivity index (χ2n) is 8.60. The molecule has 3 aromatic heterocycles. The predicted molar refractivity (Wildman–Crippen MR) is 136 cm³/mol. The standard InChI is InChI=1S/C18H18FN3O2.C8H15FN2O2/c1-4-14-12(11-6-7-16(19)20-9-11)8-13-17(24-5-2)15(10-23)22(3)18(13)21-14;1-10-7-2-4-11(5-3-7)8(12)6-13-9/h6-10H,4-5H2,1-3H3;7,10H,2-6H2,1H3. The van der Waals surface area contributed by atoms with Gasteiger partial charge in [0.25, 0.3) is 5.91 Å². The highest BCUT2D eigenvalue weighted by Gasteiger charge is 2.22. The fourth-order valence-corrected chi connectivity index (χ4v) is 4.41. The summed E-state index contributed by atoms with van der Waals surface area (Å²) in [6.07, 6.45) is 4.82. The number of piperidine rings is 1. The zero-order valence-electron chi connectivity index (χ0n) is 21.6. The summed E-state index contributed by atoms with van der Waals surface area (Å²) in [5.74, 6) is -0.266. The minimum atomic E-state index is -0.524. The summed E-state index contributed by atoms with van der Waals surface area (Å²) in [6, 6.07) is 5.42. The van der Waals surface area contributed by atoms with E-state index in [1.807, 2.05) is 27.0 Å². The number of amides is 1. The number of halogens is 2. The van der Waals surface area contributed by atoms with E-state index in [4.69, 9.17) is 9.72 Å². The fraction of sp³-hybridized carbons (Fsp3) is 0.462. The largest absolute Gasteiger partial charge is 0.491 e. The van der Waals surface area contributed by atoms with E-state index >= 15 is 0 Å². The number of nitrogens with one attached hydrogen (secondary N) is 1. The minimum Gasteiger partial charge on any atom is -0.491 e. The van der Waals surface area contributed by atoms with Crippen molar-refractivity contribution in [2.24, 2.45) is 7.05 Å². The molecule has 1 N–H and O–H groups in total. The summed E-state index contributed by atoms with van der Waals surface area (Å²) >= 11 is 0.